The third kappa shape index (κ3) is 5.72. The van der Waals surface area contributed by atoms with Crippen molar-refractivity contribution in [3.8, 4) is 0 Å². The molecule has 1 N–H and O–H groups in total. The van der Waals surface area contributed by atoms with Gasteiger partial charge in [0.1, 0.15) is 0 Å². The summed E-state index contributed by atoms with van der Waals surface area (Å²) in [6.45, 7) is 9.70. The number of aliphatic hydroxyl groups excluding tert-OH is 1. The second-order valence-electron chi connectivity index (χ2n) is 5.82. The van der Waals surface area contributed by atoms with Gasteiger partial charge in [-0.1, -0.05) is 43.7 Å². The Morgan fingerprint density at radius 1 is 1.16 bits per heavy atom. The van der Waals surface area contributed by atoms with E-state index in [-0.39, 0.29) is 12.0 Å². The van der Waals surface area contributed by atoms with Gasteiger partial charge >= 0.3 is 0 Å². The Balaban J connectivity index is 2.46. The summed E-state index contributed by atoms with van der Waals surface area (Å²) < 4.78 is 5.30. The average Bonchev–Trinajstić information content (AvgIpc) is 2.34. The van der Waals surface area contributed by atoms with Crippen LogP contribution in [0.2, 0.25) is 0 Å². The molecule has 0 heterocycles. The van der Waals surface area contributed by atoms with Crippen LogP contribution in [0, 0.1) is 6.92 Å². The highest BCUT2D eigenvalue weighted by atomic mass is 16.5. The Morgan fingerprint density at radius 2 is 1.79 bits per heavy atom. The van der Waals surface area contributed by atoms with Crippen molar-refractivity contribution in [3.63, 3.8) is 0 Å². The number of aliphatic hydroxyl groups is 1. The number of nitrogens with zero attached hydrogens (tertiary/aromatic N) is 1. The number of likely N-dealkylation sites (N-methyl/N-ethyl adjacent to an activating group) is 1. The zero-order valence-electron chi connectivity index (χ0n) is 12.6. The molecule has 0 atom stereocenters. The van der Waals surface area contributed by atoms with Crippen LogP contribution in [0.3, 0.4) is 0 Å². The highest BCUT2D eigenvalue weighted by Crippen LogP contribution is 2.24. The van der Waals surface area contributed by atoms with Gasteiger partial charge in [-0.15, -0.1) is 0 Å². The summed E-state index contributed by atoms with van der Waals surface area (Å²) >= 11 is 0. The second-order valence-corrected chi connectivity index (χ2v) is 5.82. The van der Waals surface area contributed by atoms with Crippen molar-refractivity contribution in [1.82, 2.24) is 4.90 Å². The van der Waals surface area contributed by atoms with Gasteiger partial charge in [-0.05, 0) is 19.5 Å². The third-order valence-corrected chi connectivity index (χ3v) is 3.35. The summed E-state index contributed by atoms with van der Waals surface area (Å²) in [6, 6.07) is 8.76. The van der Waals surface area contributed by atoms with E-state index in [0.717, 1.165) is 13.1 Å². The van der Waals surface area contributed by atoms with Crippen LogP contribution in [0.15, 0.2) is 24.3 Å². The highest BCUT2D eigenvalue weighted by molar-refractivity contribution is 5.27. The van der Waals surface area contributed by atoms with Crippen LogP contribution >= 0.6 is 0 Å². The van der Waals surface area contributed by atoms with Gasteiger partial charge < -0.3 is 14.7 Å². The van der Waals surface area contributed by atoms with Crippen LogP contribution < -0.4 is 0 Å². The number of benzene rings is 1. The first kappa shape index (κ1) is 16.2. The molecule has 19 heavy (non-hydrogen) atoms. The number of hydrogen-bond acceptors (Lipinski definition) is 3. The maximum atomic E-state index is 8.65. The van der Waals surface area contributed by atoms with Gasteiger partial charge in [0.15, 0.2) is 0 Å². The van der Waals surface area contributed by atoms with E-state index in [2.05, 4.69) is 57.0 Å². The number of rotatable bonds is 8. The average molecular weight is 265 g/mol. The Labute approximate surface area is 117 Å². The fourth-order valence-corrected chi connectivity index (χ4v) is 2.24. The van der Waals surface area contributed by atoms with E-state index in [1.54, 1.807) is 0 Å². The van der Waals surface area contributed by atoms with Crippen molar-refractivity contribution in [2.75, 3.05) is 40.0 Å². The smallest absolute Gasteiger partial charge is 0.0698 e. The van der Waals surface area contributed by atoms with E-state index in [1.165, 1.54) is 11.1 Å². The van der Waals surface area contributed by atoms with Crippen molar-refractivity contribution < 1.29 is 9.84 Å². The topological polar surface area (TPSA) is 32.7 Å². The molecule has 0 amide bonds. The molecule has 1 rings (SSSR count). The molecule has 0 aliphatic heterocycles. The van der Waals surface area contributed by atoms with Gasteiger partial charge in [-0.3, -0.25) is 0 Å². The van der Waals surface area contributed by atoms with E-state index in [9.17, 15) is 0 Å². The molecule has 0 bridgehead atoms. The molecular formula is C16H27NO2. The number of hydrogen-bond donors (Lipinski definition) is 1. The molecule has 3 heteroatoms. The van der Waals surface area contributed by atoms with Crippen LogP contribution in [0.4, 0.5) is 0 Å². The molecule has 0 fully saturated rings. The second kappa shape index (κ2) is 7.63. The minimum atomic E-state index is 0.0958. The SMILES string of the molecule is Cc1ccc(C(C)(C)CN(C)CCOCCO)cc1. The monoisotopic (exact) mass is 265 g/mol. The van der Waals surface area contributed by atoms with Crippen molar-refractivity contribution in [1.29, 1.82) is 0 Å². The Morgan fingerprint density at radius 3 is 2.37 bits per heavy atom. The predicted octanol–water partition coefficient (Wildman–Crippen LogP) is 2.21. The molecule has 0 aliphatic carbocycles. The summed E-state index contributed by atoms with van der Waals surface area (Å²) in [7, 11) is 2.11. The molecule has 0 spiro atoms. The molecule has 0 radical (unpaired) electrons. The molecule has 0 aromatic heterocycles. The highest BCUT2D eigenvalue weighted by Gasteiger charge is 2.22. The van der Waals surface area contributed by atoms with Crippen molar-refractivity contribution in [3.05, 3.63) is 35.4 Å². The molecule has 1 aromatic carbocycles. The Bertz CT molecular complexity index is 360. The molecule has 3 nitrogen and oxygen atoms in total. The zero-order chi connectivity index (χ0) is 14.3. The van der Waals surface area contributed by atoms with Crippen LogP contribution in [-0.4, -0.2) is 50.0 Å². The first-order valence-electron chi connectivity index (χ1n) is 6.90. The minimum Gasteiger partial charge on any atom is -0.394 e. The third-order valence-electron chi connectivity index (χ3n) is 3.35. The van der Waals surface area contributed by atoms with Crippen molar-refractivity contribution >= 4 is 0 Å². The molecule has 0 saturated carbocycles. The number of ether oxygens (including phenoxy) is 1. The molecule has 108 valence electrons. The predicted molar refractivity (Wildman–Crippen MR) is 79.6 cm³/mol. The van der Waals surface area contributed by atoms with Crippen LogP contribution in [0.25, 0.3) is 0 Å². The summed E-state index contributed by atoms with van der Waals surface area (Å²) in [5.41, 5.74) is 2.78. The number of aryl methyl sites for hydroxylation is 1. The summed E-state index contributed by atoms with van der Waals surface area (Å²) in [6.07, 6.45) is 0. The maximum Gasteiger partial charge on any atom is 0.0698 e. The first-order chi connectivity index (χ1) is 8.95. The molecule has 0 saturated heterocycles. The quantitative estimate of drug-likeness (QED) is 0.732. The van der Waals surface area contributed by atoms with Crippen molar-refractivity contribution in [2.45, 2.75) is 26.2 Å². The lowest BCUT2D eigenvalue weighted by Crippen LogP contribution is -2.36. The van der Waals surface area contributed by atoms with E-state index in [4.69, 9.17) is 9.84 Å². The lowest BCUT2D eigenvalue weighted by atomic mass is 9.84. The normalized spacial score (nSPS) is 12.1. The van der Waals surface area contributed by atoms with Crippen molar-refractivity contribution in [2.24, 2.45) is 0 Å². The standard InChI is InChI=1S/C16H27NO2/c1-14-5-7-15(8-6-14)16(2,3)13-17(4)9-11-19-12-10-18/h5-8,18H,9-13H2,1-4H3. The van der Waals surface area contributed by atoms with Gasteiger partial charge in [0.25, 0.3) is 0 Å². The lowest BCUT2D eigenvalue weighted by molar-refractivity contribution is 0.0752. The molecule has 0 unspecified atom stereocenters. The van der Waals surface area contributed by atoms with Crippen LogP contribution in [-0.2, 0) is 10.2 Å². The van der Waals surface area contributed by atoms with E-state index >= 15 is 0 Å². The first-order valence-corrected chi connectivity index (χ1v) is 6.90. The fraction of sp³-hybridized carbons (Fsp3) is 0.625. The minimum absolute atomic E-state index is 0.0958. The van der Waals surface area contributed by atoms with Gasteiger partial charge in [0.2, 0.25) is 0 Å². The largest absolute Gasteiger partial charge is 0.394 e. The fourth-order valence-electron chi connectivity index (χ4n) is 2.24. The van der Waals surface area contributed by atoms with E-state index in [0.29, 0.717) is 13.2 Å². The molecule has 0 aliphatic rings. The molecular weight excluding hydrogens is 238 g/mol. The Kier molecular flexibility index (Phi) is 6.49. The van der Waals surface area contributed by atoms with Gasteiger partial charge in [-0.25, -0.2) is 0 Å². The summed E-state index contributed by atoms with van der Waals surface area (Å²) in [5.74, 6) is 0. The van der Waals surface area contributed by atoms with Gasteiger partial charge in [0.05, 0.1) is 19.8 Å². The van der Waals surface area contributed by atoms with E-state index < -0.39 is 0 Å². The Hall–Kier alpha value is -0.900. The summed E-state index contributed by atoms with van der Waals surface area (Å²) in [4.78, 5) is 2.28. The lowest BCUT2D eigenvalue weighted by Gasteiger charge is -2.31. The van der Waals surface area contributed by atoms with Crippen LogP contribution in [0.5, 0.6) is 0 Å². The maximum absolute atomic E-state index is 8.65. The zero-order valence-corrected chi connectivity index (χ0v) is 12.6. The summed E-state index contributed by atoms with van der Waals surface area (Å²) in [5, 5.41) is 8.65. The molecule has 1 aromatic rings. The van der Waals surface area contributed by atoms with Crippen LogP contribution in [0.1, 0.15) is 25.0 Å². The van der Waals surface area contributed by atoms with E-state index in [1.807, 2.05) is 0 Å². The van der Waals surface area contributed by atoms with Gasteiger partial charge in [0, 0.05) is 18.5 Å². The van der Waals surface area contributed by atoms with Gasteiger partial charge in [-0.2, -0.15) is 0 Å².